The molecule has 1 amide bonds. The Hall–Kier alpha value is -3.16. The first-order chi connectivity index (χ1) is 13.8. The van der Waals surface area contributed by atoms with Gasteiger partial charge in [0.05, 0.1) is 19.0 Å². The highest BCUT2D eigenvalue weighted by molar-refractivity contribution is 5.77. The molecule has 8 nitrogen and oxygen atoms in total. The number of hydrogen-bond acceptors (Lipinski definition) is 6. The second-order valence-corrected chi connectivity index (χ2v) is 7.24. The number of rotatable bonds is 3. The fourth-order valence-corrected chi connectivity index (χ4v) is 4.11. The van der Waals surface area contributed by atoms with Crippen molar-refractivity contribution in [3.63, 3.8) is 0 Å². The van der Waals surface area contributed by atoms with Crippen LogP contribution in [0.5, 0.6) is 5.75 Å². The molecule has 28 heavy (non-hydrogen) atoms. The summed E-state index contributed by atoms with van der Waals surface area (Å²) < 4.78 is 7.52. The molecule has 8 heteroatoms. The van der Waals surface area contributed by atoms with E-state index in [9.17, 15) is 4.79 Å². The summed E-state index contributed by atoms with van der Waals surface area (Å²) in [4.78, 5) is 25.5. The van der Waals surface area contributed by atoms with Crippen LogP contribution < -0.4 is 9.64 Å². The van der Waals surface area contributed by atoms with Gasteiger partial charge in [0.1, 0.15) is 12.1 Å². The van der Waals surface area contributed by atoms with Crippen molar-refractivity contribution in [3.05, 3.63) is 48.5 Å². The summed E-state index contributed by atoms with van der Waals surface area (Å²) in [5.41, 5.74) is 1.89. The minimum absolute atomic E-state index is 0.221. The van der Waals surface area contributed by atoms with Crippen molar-refractivity contribution < 1.29 is 9.53 Å². The first kappa shape index (κ1) is 17.0. The van der Waals surface area contributed by atoms with Gasteiger partial charge in [0, 0.05) is 32.6 Å². The minimum atomic E-state index is 0.221. The Morgan fingerprint density at radius 3 is 2.89 bits per heavy atom. The maximum atomic E-state index is 12.9. The van der Waals surface area contributed by atoms with Crippen LogP contribution in [0.15, 0.2) is 43.0 Å². The van der Waals surface area contributed by atoms with Crippen molar-refractivity contribution >= 4 is 17.4 Å². The number of nitrogens with zero attached hydrogens (tertiary/aromatic N) is 6. The van der Waals surface area contributed by atoms with Crippen molar-refractivity contribution in [2.24, 2.45) is 0 Å². The molecule has 0 spiro atoms. The highest BCUT2D eigenvalue weighted by Gasteiger charge is 2.28. The Morgan fingerprint density at radius 2 is 2.00 bits per heavy atom. The monoisotopic (exact) mass is 378 g/mol. The summed E-state index contributed by atoms with van der Waals surface area (Å²) in [5.74, 6) is 2.30. The van der Waals surface area contributed by atoms with E-state index < -0.39 is 0 Å². The van der Waals surface area contributed by atoms with Crippen LogP contribution >= 0.6 is 0 Å². The number of fused-ring (bicyclic) bond motifs is 2. The molecule has 5 rings (SSSR count). The maximum Gasteiger partial charge on any atom is 0.223 e. The van der Waals surface area contributed by atoms with Crippen LogP contribution in [0.4, 0.5) is 5.82 Å². The highest BCUT2D eigenvalue weighted by Crippen LogP contribution is 2.35. The SMILES string of the molecule is O=C(CC1CCOc2ccccc21)N1CCN(c2cncc3ncnn23)CC1. The van der Waals surface area contributed by atoms with E-state index in [1.54, 1.807) is 16.9 Å². The van der Waals surface area contributed by atoms with Crippen LogP contribution in [-0.4, -0.2) is 63.2 Å². The van der Waals surface area contributed by atoms with Crippen molar-refractivity contribution in [3.8, 4) is 5.75 Å². The number of carbonyl (C=O) groups is 1. The largest absolute Gasteiger partial charge is 0.493 e. The van der Waals surface area contributed by atoms with Crippen molar-refractivity contribution in [1.29, 1.82) is 0 Å². The third-order valence-corrected chi connectivity index (χ3v) is 5.63. The summed E-state index contributed by atoms with van der Waals surface area (Å²) in [6.45, 7) is 3.61. The summed E-state index contributed by atoms with van der Waals surface area (Å²) in [5, 5.41) is 4.28. The van der Waals surface area contributed by atoms with Gasteiger partial charge in [-0.1, -0.05) is 18.2 Å². The third-order valence-electron chi connectivity index (χ3n) is 5.63. The molecule has 1 unspecified atom stereocenters. The number of ether oxygens (including phenoxy) is 1. The molecule has 3 aromatic rings. The van der Waals surface area contributed by atoms with Gasteiger partial charge in [-0.15, -0.1) is 0 Å². The van der Waals surface area contributed by atoms with E-state index in [1.807, 2.05) is 23.1 Å². The zero-order valence-electron chi connectivity index (χ0n) is 15.6. The van der Waals surface area contributed by atoms with Crippen LogP contribution in [0.25, 0.3) is 5.65 Å². The van der Waals surface area contributed by atoms with Gasteiger partial charge < -0.3 is 14.5 Å². The van der Waals surface area contributed by atoms with Gasteiger partial charge in [-0.25, -0.2) is 4.98 Å². The smallest absolute Gasteiger partial charge is 0.223 e. The fraction of sp³-hybridized carbons (Fsp3) is 0.400. The summed E-state index contributed by atoms with van der Waals surface area (Å²) in [6.07, 6.45) is 6.47. The first-order valence-corrected chi connectivity index (χ1v) is 9.68. The van der Waals surface area contributed by atoms with E-state index >= 15 is 0 Å². The van der Waals surface area contributed by atoms with Crippen LogP contribution in [0, 0.1) is 0 Å². The van der Waals surface area contributed by atoms with E-state index in [4.69, 9.17) is 4.74 Å². The lowest BCUT2D eigenvalue weighted by molar-refractivity contribution is -0.132. The fourth-order valence-electron chi connectivity index (χ4n) is 4.11. The van der Waals surface area contributed by atoms with Crippen molar-refractivity contribution in [1.82, 2.24) is 24.5 Å². The average Bonchev–Trinajstić information content (AvgIpc) is 3.23. The Bertz CT molecular complexity index is 995. The molecule has 2 aromatic heterocycles. The summed E-state index contributed by atoms with van der Waals surface area (Å²) in [7, 11) is 0. The van der Waals surface area contributed by atoms with Crippen molar-refractivity contribution in [2.75, 3.05) is 37.7 Å². The number of anilines is 1. The molecule has 2 aliphatic rings. The summed E-state index contributed by atoms with van der Waals surface area (Å²) in [6, 6.07) is 8.06. The molecular formula is C20H22N6O2. The maximum absolute atomic E-state index is 12.9. The molecule has 0 saturated carbocycles. The highest BCUT2D eigenvalue weighted by atomic mass is 16.5. The topological polar surface area (TPSA) is 75.9 Å². The number of benzene rings is 1. The molecule has 0 aliphatic carbocycles. The van der Waals surface area contributed by atoms with E-state index in [1.165, 1.54) is 6.33 Å². The lowest BCUT2D eigenvalue weighted by atomic mass is 9.90. The van der Waals surface area contributed by atoms with Crippen molar-refractivity contribution in [2.45, 2.75) is 18.8 Å². The molecule has 1 aromatic carbocycles. The molecule has 0 bridgehead atoms. The standard InChI is InChI=1S/C20H22N6O2/c27-20(11-15-5-10-28-17-4-2-1-3-16(15)17)25-8-6-24(7-9-25)19-13-21-12-18-22-14-23-26(18)19/h1-4,12-15H,5-11H2. The first-order valence-electron chi connectivity index (χ1n) is 9.68. The van der Waals surface area contributed by atoms with Gasteiger partial charge >= 0.3 is 0 Å². The Balaban J connectivity index is 1.24. The second-order valence-electron chi connectivity index (χ2n) is 7.24. The Kier molecular flexibility index (Phi) is 4.31. The lowest BCUT2D eigenvalue weighted by Crippen LogP contribution is -2.49. The molecule has 1 saturated heterocycles. The van der Waals surface area contributed by atoms with Gasteiger partial charge in [0.25, 0.3) is 0 Å². The minimum Gasteiger partial charge on any atom is -0.493 e. The van der Waals surface area contributed by atoms with Gasteiger partial charge in [0.15, 0.2) is 11.5 Å². The quantitative estimate of drug-likeness (QED) is 0.691. The molecule has 4 heterocycles. The normalized spacial score (nSPS) is 19.4. The van der Waals surface area contributed by atoms with Crippen LogP contribution in [0.3, 0.4) is 0 Å². The number of carbonyl (C=O) groups excluding carboxylic acids is 1. The van der Waals surface area contributed by atoms with E-state index in [2.05, 4.69) is 26.0 Å². The van der Waals surface area contributed by atoms with E-state index in [0.717, 1.165) is 42.3 Å². The van der Waals surface area contributed by atoms with Gasteiger partial charge in [-0.2, -0.15) is 9.61 Å². The molecule has 144 valence electrons. The molecule has 1 fully saturated rings. The lowest BCUT2D eigenvalue weighted by Gasteiger charge is -2.36. The third kappa shape index (κ3) is 3.04. The predicted molar refractivity (Wildman–Crippen MR) is 103 cm³/mol. The van der Waals surface area contributed by atoms with Gasteiger partial charge in [-0.05, 0) is 24.0 Å². The molecular weight excluding hydrogens is 356 g/mol. The van der Waals surface area contributed by atoms with E-state index in [-0.39, 0.29) is 11.8 Å². The molecule has 0 radical (unpaired) electrons. The predicted octanol–water partition coefficient (Wildman–Crippen LogP) is 1.73. The number of amides is 1. The second kappa shape index (κ2) is 7.10. The average molecular weight is 378 g/mol. The van der Waals surface area contributed by atoms with Crippen LogP contribution in [0.2, 0.25) is 0 Å². The molecule has 1 atom stereocenters. The zero-order chi connectivity index (χ0) is 18.9. The van der Waals surface area contributed by atoms with Gasteiger partial charge in [-0.3, -0.25) is 9.78 Å². The van der Waals surface area contributed by atoms with Gasteiger partial charge in [0.2, 0.25) is 5.91 Å². The van der Waals surface area contributed by atoms with Crippen LogP contribution in [0.1, 0.15) is 24.3 Å². The Labute approximate surface area is 162 Å². The number of aromatic nitrogens is 4. The zero-order valence-corrected chi connectivity index (χ0v) is 15.6. The number of piperazine rings is 1. The Morgan fingerprint density at radius 1 is 1.14 bits per heavy atom. The number of hydrogen-bond donors (Lipinski definition) is 0. The van der Waals surface area contributed by atoms with E-state index in [0.29, 0.717) is 26.1 Å². The summed E-state index contributed by atoms with van der Waals surface area (Å²) >= 11 is 0. The number of para-hydroxylation sites is 1. The van der Waals surface area contributed by atoms with Crippen LogP contribution in [-0.2, 0) is 4.79 Å². The molecule has 0 N–H and O–H groups in total. The molecule has 2 aliphatic heterocycles.